The third-order valence-electron chi connectivity index (χ3n) is 14.1. The van der Waals surface area contributed by atoms with E-state index in [2.05, 4.69) is 106 Å². The fourth-order valence-corrected chi connectivity index (χ4v) is 10.4. The summed E-state index contributed by atoms with van der Waals surface area (Å²) in [6, 6.07) is 15.2. The van der Waals surface area contributed by atoms with Gasteiger partial charge in [0, 0.05) is 91.8 Å². The third-order valence-corrected chi connectivity index (χ3v) is 14.1. The molecule has 2 bridgehead atoms. The lowest BCUT2D eigenvalue weighted by molar-refractivity contribution is -0.134. The number of amides is 3. The number of anilines is 3. The molecule has 1 saturated carbocycles. The van der Waals surface area contributed by atoms with Crippen LogP contribution in [0.1, 0.15) is 125 Å². The first-order valence-corrected chi connectivity index (χ1v) is 24.1. The molecule has 4 aliphatic rings. The van der Waals surface area contributed by atoms with E-state index < -0.39 is 5.92 Å². The van der Waals surface area contributed by atoms with E-state index in [1.165, 1.54) is 6.07 Å². The largest absolute Gasteiger partial charge is 0.382 e. The van der Waals surface area contributed by atoms with Crippen LogP contribution < -0.4 is 26.6 Å². The minimum Gasteiger partial charge on any atom is -0.382 e. The van der Waals surface area contributed by atoms with Crippen LogP contribution in [0.2, 0.25) is 0 Å². The van der Waals surface area contributed by atoms with Crippen molar-refractivity contribution in [2.45, 2.75) is 115 Å². The molecule has 5 aromatic rings. The number of imide groups is 1. The zero-order valence-corrected chi connectivity index (χ0v) is 39.5. The van der Waals surface area contributed by atoms with E-state index in [1.807, 2.05) is 12.3 Å². The molecule has 9 rings (SSSR count). The van der Waals surface area contributed by atoms with Crippen molar-refractivity contribution in [2.24, 2.45) is 5.92 Å². The lowest BCUT2D eigenvalue weighted by Crippen LogP contribution is -2.41. The van der Waals surface area contributed by atoms with Crippen LogP contribution in [0.15, 0.2) is 89.9 Å². The molecule has 3 aliphatic heterocycles. The number of halogens is 1. The SMILES string of the molecule is C=C(Cc1ccc(-c2nc3n4c(cnc(N)c24)/C=C/CCN(C(=C)C2CCN(c4ccc(C5CCC(=O)NC5=O)cc4F)CC2)CCC(=O)N[C@@H]2CCC[C@@H]3C2)cc1)Nc1cc(C(C)(C)C)on1. The minimum absolute atomic E-state index is 0.0121. The van der Waals surface area contributed by atoms with Crippen molar-refractivity contribution in [3.63, 3.8) is 0 Å². The Kier molecular flexibility index (Phi) is 13.3. The van der Waals surface area contributed by atoms with Gasteiger partial charge in [-0.05, 0) is 74.3 Å². The van der Waals surface area contributed by atoms with Crippen molar-refractivity contribution in [1.29, 1.82) is 0 Å². The highest BCUT2D eigenvalue weighted by molar-refractivity contribution is 6.01. The Morgan fingerprint density at radius 2 is 1.75 bits per heavy atom. The first-order valence-electron chi connectivity index (χ1n) is 24.1. The maximum Gasteiger partial charge on any atom is 0.234 e. The van der Waals surface area contributed by atoms with Gasteiger partial charge in [0.15, 0.2) is 5.82 Å². The summed E-state index contributed by atoms with van der Waals surface area (Å²) in [6.45, 7) is 17.6. The average molecular weight is 923 g/mol. The van der Waals surface area contributed by atoms with E-state index in [-0.39, 0.29) is 53.3 Å². The van der Waals surface area contributed by atoms with Gasteiger partial charge in [0.1, 0.15) is 34.4 Å². The highest BCUT2D eigenvalue weighted by Gasteiger charge is 2.33. The molecular formula is C53H63FN10O4. The molecule has 356 valence electrons. The molecule has 0 radical (unpaired) electrons. The minimum atomic E-state index is -0.536. The van der Waals surface area contributed by atoms with Crippen LogP contribution in [-0.2, 0) is 26.2 Å². The van der Waals surface area contributed by atoms with E-state index >= 15 is 4.39 Å². The molecule has 6 heterocycles. The Morgan fingerprint density at radius 1 is 0.956 bits per heavy atom. The molecule has 3 atom stereocenters. The van der Waals surface area contributed by atoms with E-state index in [4.69, 9.17) is 20.2 Å². The number of benzene rings is 2. The molecule has 1 unspecified atom stereocenters. The van der Waals surface area contributed by atoms with Gasteiger partial charge in [-0.25, -0.2) is 14.4 Å². The van der Waals surface area contributed by atoms with Crippen LogP contribution in [0.3, 0.4) is 0 Å². The standard InChI is InChI=1S/C53H63FN10O4/c1-32(57-45-30-44(68-61-45)53(3,4)5)27-34-12-14-36(15-13-34)48-49-50(55)56-31-40-11-6-7-23-62(26-22-47(66)58-39-10-8-9-38(28-39)51(60-48)64(40)49)33(2)35-20-24-63(25-21-35)43-18-16-37(29-42(43)54)41-17-19-46(65)59-52(41)67/h6,11-16,18,29-31,35,38-39,41H,1-2,7-10,17,19-28H2,3-5H3,(H2,55,56)(H,57,61)(H,58,66)(H,59,65,67)/b11-6+/t38-,39-,41?/m1/s1. The lowest BCUT2D eigenvalue weighted by Gasteiger charge is -2.38. The highest BCUT2D eigenvalue weighted by atomic mass is 19.1. The van der Waals surface area contributed by atoms with Gasteiger partial charge in [-0.2, -0.15) is 0 Å². The summed E-state index contributed by atoms with van der Waals surface area (Å²) in [5.74, 6) is 1.48. The number of nitrogens with zero attached hydrogens (tertiary/aromatic N) is 6. The van der Waals surface area contributed by atoms with Gasteiger partial charge in [0.25, 0.3) is 0 Å². The van der Waals surface area contributed by atoms with Gasteiger partial charge < -0.3 is 30.7 Å². The van der Waals surface area contributed by atoms with Crippen molar-refractivity contribution >= 4 is 46.6 Å². The number of hydrogen-bond donors (Lipinski definition) is 4. The van der Waals surface area contributed by atoms with Crippen molar-refractivity contribution < 1.29 is 23.3 Å². The molecule has 14 nitrogen and oxygen atoms in total. The molecule has 2 saturated heterocycles. The number of carbonyl (C=O) groups is 3. The summed E-state index contributed by atoms with van der Waals surface area (Å²) in [6.07, 6.45) is 13.5. The number of piperidine rings is 2. The van der Waals surface area contributed by atoms with Crippen LogP contribution in [0.25, 0.3) is 22.9 Å². The van der Waals surface area contributed by atoms with Gasteiger partial charge in [-0.1, -0.05) is 81.9 Å². The molecular weight excluding hydrogens is 860 g/mol. The number of imidazole rings is 1. The fraction of sp³-hybridized carbons (Fsp3) is 0.434. The van der Waals surface area contributed by atoms with Gasteiger partial charge >= 0.3 is 0 Å². The van der Waals surface area contributed by atoms with E-state index in [0.717, 1.165) is 89.5 Å². The quantitative estimate of drug-likeness (QED) is 0.104. The average Bonchev–Trinajstić information content (AvgIpc) is 3.96. The summed E-state index contributed by atoms with van der Waals surface area (Å²) < 4.78 is 23.3. The van der Waals surface area contributed by atoms with Gasteiger partial charge in [0.2, 0.25) is 17.7 Å². The molecule has 5 N–H and O–H groups in total. The molecule has 3 amide bonds. The van der Waals surface area contributed by atoms with Crippen molar-refractivity contribution in [3.8, 4) is 11.3 Å². The normalized spacial score (nSPS) is 21.4. The number of aromatic nitrogens is 4. The zero-order valence-electron chi connectivity index (χ0n) is 39.5. The second-order valence-electron chi connectivity index (χ2n) is 20.0. The Bertz CT molecular complexity index is 2760. The number of nitrogen functional groups attached to an aromatic ring is 1. The van der Waals surface area contributed by atoms with Gasteiger partial charge in [-0.15, -0.1) is 0 Å². The first kappa shape index (κ1) is 46.3. The van der Waals surface area contributed by atoms with Gasteiger partial charge in [-0.3, -0.25) is 24.1 Å². The van der Waals surface area contributed by atoms with Crippen LogP contribution in [-0.4, -0.2) is 74.4 Å². The third kappa shape index (κ3) is 10.1. The molecule has 68 heavy (non-hydrogen) atoms. The second-order valence-corrected chi connectivity index (χ2v) is 20.0. The maximum absolute atomic E-state index is 15.6. The van der Waals surface area contributed by atoms with Crippen LogP contribution >= 0.6 is 0 Å². The molecule has 3 fully saturated rings. The number of allylic oxidation sites excluding steroid dienone is 2. The smallest absolute Gasteiger partial charge is 0.234 e. The predicted octanol–water partition coefficient (Wildman–Crippen LogP) is 8.77. The number of nitrogens with one attached hydrogen (secondary N) is 3. The first-order chi connectivity index (χ1) is 32.7. The van der Waals surface area contributed by atoms with E-state index in [1.54, 1.807) is 12.1 Å². The highest BCUT2D eigenvalue weighted by Crippen LogP contribution is 2.39. The monoisotopic (exact) mass is 923 g/mol. The van der Waals surface area contributed by atoms with Crippen LogP contribution in [0, 0.1) is 11.7 Å². The Morgan fingerprint density at radius 3 is 2.49 bits per heavy atom. The molecule has 1 aliphatic carbocycles. The molecule has 0 spiro atoms. The maximum atomic E-state index is 15.6. The number of nitrogens with two attached hydrogens (primary N) is 1. The zero-order chi connectivity index (χ0) is 47.7. The summed E-state index contributed by atoms with van der Waals surface area (Å²) in [4.78, 5) is 52.2. The van der Waals surface area contributed by atoms with Gasteiger partial charge in [0.05, 0.1) is 23.5 Å². The second kappa shape index (κ2) is 19.4. The predicted molar refractivity (Wildman–Crippen MR) is 263 cm³/mol. The summed E-state index contributed by atoms with van der Waals surface area (Å²) in [5, 5.41) is 13.2. The van der Waals surface area contributed by atoms with Crippen molar-refractivity contribution in [1.82, 2.24) is 35.1 Å². The lowest BCUT2D eigenvalue weighted by atomic mass is 9.85. The number of hydrogen-bond acceptors (Lipinski definition) is 11. The Balaban J connectivity index is 0.905. The van der Waals surface area contributed by atoms with Crippen molar-refractivity contribution in [2.75, 3.05) is 42.1 Å². The molecule has 15 heteroatoms. The Hall–Kier alpha value is -6.77. The van der Waals surface area contributed by atoms with E-state index in [0.29, 0.717) is 74.7 Å². The van der Waals surface area contributed by atoms with E-state index in [9.17, 15) is 14.4 Å². The number of carbonyl (C=O) groups excluding carboxylic acids is 3. The fourth-order valence-electron chi connectivity index (χ4n) is 10.4. The van der Waals surface area contributed by atoms with Crippen LogP contribution in [0.5, 0.6) is 0 Å². The van der Waals surface area contributed by atoms with Crippen LogP contribution in [0.4, 0.5) is 21.7 Å². The topological polar surface area (TPSA) is 176 Å². The summed E-state index contributed by atoms with van der Waals surface area (Å²) in [7, 11) is 0. The number of fused-ring (bicyclic) bond motifs is 3. The van der Waals surface area contributed by atoms with Crippen molar-refractivity contribution in [3.05, 3.63) is 120 Å². The summed E-state index contributed by atoms with van der Waals surface area (Å²) >= 11 is 0. The Labute approximate surface area is 397 Å². The summed E-state index contributed by atoms with van der Waals surface area (Å²) in [5.41, 5.74) is 13.9. The molecule has 2 aromatic carbocycles. The molecule has 3 aromatic heterocycles. The number of rotatable bonds is 9.